The van der Waals surface area contributed by atoms with Gasteiger partial charge in [0, 0.05) is 25.7 Å². The molecule has 8 nitrogen and oxygen atoms in total. The van der Waals surface area contributed by atoms with Crippen LogP contribution in [0.15, 0.2) is 0 Å². The van der Waals surface area contributed by atoms with Crippen molar-refractivity contribution in [3.63, 3.8) is 0 Å². The van der Waals surface area contributed by atoms with Gasteiger partial charge in [0.1, 0.15) is 0 Å². The van der Waals surface area contributed by atoms with Crippen LogP contribution in [0, 0.1) is 59.2 Å². The summed E-state index contributed by atoms with van der Waals surface area (Å²) in [7, 11) is 4.42. The van der Waals surface area contributed by atoms with E-state index in [0.717, 1.165) is 28.4 Å². The van der Waals surface area contributed by atoms with Crippen LogP contribution < -0.4 is 0 Å². The predicted octanol–water partition coefficient (Wildman–Crippen LogP) is 0.485. The molecule has 0 saturated carbocycles. The number of hydrogen-bond acceptors (Lipinski definition) is 8. The molecule has 0 N–H and O–H groups in total. The Morgan fingerprint density at radius 2 is 0.867 bits per heavy atom. The zero-order chi connectivity index (χ0) is 23.2. The molecule has 0 rings (SSSR count). The number of carbonyl (C=O) groups excluding carboxylic acids is 4. The monoisotopic (exact) mass is 414 g/mol. The van der Waals surface area contributed by atoms with Crippen molar-refractivity contribution in [2.45, 2.75) is 25.7 Å². The van der Waals surface area contributed by atoms with Crippen LogP contribution in [0.5, 0.6) is 0 Å². The Bertz CT molecular complexity index is 771. The van der Waals surface area contributed by atoms with Crippen LogP contribution in [0.2, 0.25) is 0 Å². The van der Waals surface area contributed by atoms with E-state index in [9.17, 15) is 19.2 Å². The maximum atomic E-state index is 12.1. The average Bonchev–Trinajstić information content (AvgIpc) is 2.77. The highest BCUT2D eigenvalue weighted by Crippen LogP contribution is 2.30. The maximum absolute atomic E-state index is 12.1. The highest BCUT2D eigenvalue weighted by Gasteiger charge is 2.48. The third kappa shape index (κ3) is 5.81. The first kappa shape index (κ1) is 26.1. The molecule has 0 spiro atoms. The smallest absolute Gasteiger partial charge is 0.325 e. The Kier molecular flexibility index (Phi) is 10.9. The van der Waals surface area contributed by atoms with Gasteiger partial charge in [-0.25, -0.2) is 0 Å². The maximum Gasteiger partial charge on any atom is 0.325 e. The zero-order valence-corrected chi connectivity index (χ0v) is 17.2. The number of rotatable bonds is 8. The molecule has 0 heterocycles. The summed E-state index contributed by atoms with van der Waals surface area (Å²) < 4.78 is 18.6. The molecule has 0 unspecified atom stereocenters. The van der Waals surface area contributed by atoms with Gasteiger partial charge in [-0.3, -0.25) is 19.2 Å². The number of carbonyl (C=O) groups is 4. The Morgan fingerprint density at radius 3 is 1.07 bits per heavy atom. The van der Waals surface area contributed by atoms with E-state index in [2.05, 4.69) is 54.5 Å². The van der Waals surface area contributed by atoms with Gasteiger partial charge in [-0.2, -0.15) is 0 Å². The molecule has 0 amide bonds. The summed E-state index contributed by atoms with van der Waals surface area (Å²) in [6.45, 7) is 0. The van der Waals surface area contributed by atoms with Crippen LogP contribution >= 0.6 is 0 Å². The number of terminal acetylenes is 2. The van der Waals surface area contributed by atoms with Crippen molar-refractivity contribution in [1.82, 2.24) is 0 Å². The lowest BCUT2D eigenvalue weighted by atomic mass is 9.81. The van der Waals surface area contributed by atoms with E-state index >= 15 is 0 Å². The quantitative estimate of drug-likeness (QED) is 0.245. The number of ether oxygens (including phenoxy) is 4. The molecule has 0 aliphatic heterocycles. The van der Waals surface area contributed by atoms with Gasteiger partial charge >= 0.3 is 23.9 Å². The van der Waals surface area contributed by atoms with Crippen molar-refractivity contribution in [3.8, 4) is 48.4 Å². The Morgan fingerprint density at radius 1 is 0.600 bits per heavy atom. The van der Waals surface area contributed by atoms with Crippen molar-refractivity contribution >= 4 is 23.9 Å². The van der Waals surface area contributed by atoms with E-state index in [1.54, 1.807) is 0 Å². The molecule has 0 aliphatic carbocycles. The fourth-order valence-corrected chi connectivity index (χ4v) is 2.48. The van der Waals surface area contributed by atoms with Crippen molar-refractivity contribution in [2.24, 2.45) is 10.8 Å². The van der Waals surface area contributed by atoms with Crippen molar-refractivity contribution in [1.29, 1.82) is 0 Å². The molecule has 0 bridgehead atoms. The summed E-state index contributed by atoms with van der Waals surface area (Å²) >= 11 is 0. The Balaban J connectivity index is 5.77. The second-order valence-corrected chi connectivity index (χ2v) is 5.85. The second-order valence-electron chi connectivity index (χ2n) is 5.85. The highest BCUT2D eigenvalue weighted by atomic mass is 16.6. The van der Waals surface area contributed by atoms with Crippen molar-refractivity contribution < 1.29 is 38.1 Å². The standard InChI is InChI=1S/C22H22O8/c1-7-13-21(17(23)27-3,18(24)28-4)15-11-9-10-12-16-22(14-8-2,19(25)29-5)20(26)30-6/h1-2H,13-16H2,3-6H3. The minimum atomic E-state index is -1.79. The van der Waals surface area contributed by atoms with Crippen LogP contribution in [0.1, 0.15) is 25.7 Å². The summed E-state index contributed by atoms with van der Waals surface area (Å²) in [6, 6.07) is 0. The van der Waals surface area contributed by atoms with Gasteiger partial charge in [0.05, 0.1) is 28.4 Å². The minimum absolute atomic E-state index is 0.287. The molecular weight excluding hydrogens is 392 g/mol. The highest BCUT2D eigenvalue weighted by molar-refractivity contribution is 6.01. The van der Waals surface area contributed by atoms with Gasteiger partial charge in [-0.1, -0.05) is 11.8 Å². The molecule has 0 aromatic carbocycles. The summed E-state index contributed by atoms with van der Waals surface area (Å²) in [5.74, 6) is 10.9. The number of esters is 4. The lowest BCUT2D eigenvalue weighted by molar-refractivity contribution is -0.170. The Hall–Kier alpha value is -3.88. The molecule has 0 saturated heterocycles. The van der Waals surface area contributed by atoms with Gasteiger partial charge in [0.15, 0.2) is 10.8 Å². The van der Waals surface area contributed by atoms with E-state index in [1.165, 1.54) is 0 Å². The van der Waals surface area contributed by atoms with E-state index in [-0.39, 0.29) is 25.7 Å². The SMILES string of the molecule is C#CCC(CC#CC#CCC(CC#C)(C(=O)OC)C(=O)OC)(C(=O)OC)C(=O)OC. The third-order valence-corrected chi connectivity index (χ3v) is 4.13. The molecule has 0 aromatic heterocycles. The van der Waals surface area contributed by atoms with Gasteiger partial charge in [-0.15, -0.1) is 24.7 Å². The normalized spacial score (nSPS) is 9.80. The van der Waals surface area contributed by atoms with E-state index in [0.29, 0.717) is 0 Å². The van der Waals surface area contributed by atoms with Gasteiger partial charge in [0.2, 0.25) is 0 Å². The first-order valence-corrected chi connectivity index (χ1v) is 8.42. The van der Waals surface area contributed by atoms with Gasteiger partial charge in [0.25, 0.3) is 0 Å². The van der Waals surface area contributed by atoms with Crippen LogP contribution in [0.4, 0.5) is 0 Å². The Labute approximate surface area is 176 Å². The lowest BCUT2D eigenvalue weighted by Gasteiger charge is -2.23. The fraction of sp³-hybridized carbons (Fsp3) is 0.455. The summed E-state index contributed by atoms with van der Waals surface area (Å²) in [6.07, 6.45) is 9.33. The largest absolute Gasteiger partial charge is 0.468 e. The summed E-state index contributed by atoms with van der Waals surface area (Å²) in [4.78, 5) is 48.5. The van der Waals surface area contributed by atoms with Crippen LogP contribution in [-0.2, 0) is 38.1 Å². The molecule has 30 heavy (non-hydrogen) atoms. The summed E-state index contributed by atoms with van der Waals surface area (Å²) in [5, 5.41) is 0. The lowest BCUT2D eigenvalue weighted by Crippen LogP contribution is -2.41. The first-order valence-electron chi connectivity index (χ1n) is 8.42. The third-order valence-electron chi connectivity index (χ3n) is 4.13. The van der Waals surface area contributed by atoms with E-state index in [4.69, 9.17) is 12.8 Å². The van der Waals surface area contributed by atoms with Crippen molar-refractivity contribution in [2.75, 3.05) is 28.4 Å². The average molecular weight is 414 g/mol. The molecule has 0 fully saturated rings. The van der Waals surface area contributed by atoms with Crippen LogP contribution in [0.25, 0.3) is 0 Å². The molecule has 0 aliphatic rings. The molecule has 0 atom stereocenters. The molecule has 0 radical (unpaired) electrons. The number of hydrogen-bond donors (Lipinski definition) is 0. The van der Waals surface area contributed by atoms with Crippen LogP contribution in [0.3, 0.4) is 0 Å². The summed E-state index contributed by atoms with van der Waals surface area (Å²) in [5.41, 5.74) is -3.59. The van der Waals surface area contributed by atoms with Gasteiger partial charge in [-0.05, 0) is 11.8 Å². The van der Waals surface area contributed by atoms with Crippen molar-refractivity contribution in [3.05, 3.63) is 0 Å². The van der Waals surface area contributed by atoms with E-state index in [1.807, 2.05) is 0 Å². The number of methoxy groups -OCH3 is 4. The minimum Gasteiger partial charge on any atom is -0.468 e. The molecule has 0 aromatic rings. The predicted molar refractivity (Wildman–Crippen MR) is 105 cm³/mol. The van der Waals surface area contributed by atoms with Crippen LogP contribution in [-0.4, -0.2) is 52.3 Å². The first-order chi connectivity index (χ1) is 14.3. The molecule has 158 valence electrons. The fourth-order valence-electron chi connectivity index (χ4n) is 2.48. The topological polar surface area (TPSA) is 105 Å². The van der Waals surface area contributed by atoms with E-state index < -0.39 is 34.7 Å². The second kappa shape index (κ2) is 12.6. The zero-order valence-electron chi connectivity index (χ0n) is 17.2. The van der Waals surface area contributed by atoms with Gasteiger partial charge < -0.3 is 18.9 Å². The molecular formula is C22H22O8. The molecule has 8 heteroatoms.